The van der Waals surface area contributed by atoms with Crippen molar-refractivity contribution in [2.24, 2.45) is 0 Å². The van der Waals surface area contributed by atoms with Gasteiger partial charge in [0, 0.05) is 37.2 Å². The SMILES string of the molecule is CC1CCn2nc(C(=O)Nc3ccn(Cc4ccncc4)n3)nc2N1. The average molecular weight is 338 g/mol. The van der Waals surface area contributed by atoms with E-state index in [2.05, 4.69) is 37.7 Å². The van der Waals surface area contributed by atoms with Gasteiger partial charge in [0.15, 0.2) is 5.82 Å². The summed E-state index contributed by atoms with van der Waals surface area (Å²) in [4.78, 5) is 20.6. The van der Waals surface area contributed by atoms with Crippen molar-refractivity contribution in [2.75, 3.05) is 10.6 Å². The number of hydrogen-bond donors (Lipinski definition) is 2. The quantitative estimate of drug-likeness (QED) is 0.745. The van der Waals surface area contributed by atoms with Gasteiger partial charge in [-0.25, -0.2) is 4.68 Å². The first-order valence-corrected chi connectivity index (χ1v) is 8.12. The molecule has 0 radical (unpaired) electrons. The molecule has 0 spiro atoms. The molecule has 0 fully saturated rings. The molecule has 3 aromatic heterocycles. The number of amides is 1. The molecule has 1 aliphatic heterocycles. The highest BCUT2D eigenvalue weighted by atomic mass is 16.2. The van der Waals surface area contributed by atoms with Crippen molar-refractivity contribution in [3.63, 3.8) is 0 Å². The Morgan fingerprint density at radius 1 is 1.32 bits per heavy atom. The molecule has 9 heteroatoms. The zero-order valence-corrected chi connectivity index (χ0v) is 13.8. The van der Waals surface area contributed by atoms with Gasteiger partial charge in [-0.15, -0.1) is 5.10 Å². The maximum Gasteiger partial charge on any atom is 0.296 e. The molecule has 128 valence electrons. The third-order valence-electron chi connectivity index (χ3n) is 4.00. The first kappa shape index (κ1) is 15.3. The second-order valence-electron chi connectivity index (χ2n) is 6.02. The highest BCUT2D eigenvalue weighted by molar-refractivity contribution is 6.01. The van der Waals surface area contributed by atoms with Gasteiger partial charge in [0.05, 0.1) is 6.54 Å². The molecule has 4 heterocycles. The number of pyridine rings is 1. The molecule has 1 amide bonds. The third kappa shape index (κ3) is 3.35. The lowest BCUT2D eigenvalue weighted by Crippen LogP contribution is -2.26. The smallest absolute Gasteiger partial charge is 0.296 e. The van der Waals surface area contributed by atoms with Crippen molar-refractivity contribution < 1.29 is 4.79 Å². The summed E-state index contributed by atoms with van der Waals surface area (Å²) in [5.41, 5.74) is 1.08. The summed E-state index contributed by atoms with van der Waals surface area (Å²) in [6.07, 6.45) is 6.24. The van der Waals surface area contributed by atoms with Gasteiger partial charge >= 0.3 is 0 Å². The zero-order chi connectivity index (χ0) is 17.2. The van der Waals surface area contributed by atoms with E-state index in [9.17, 15) is 4.79 Å². The van der Waals surface area contributed by atoms with Crippen LogP contribution in [0.25, 0.3) is 0 Å². The summed E-state index contributed by atoms with van der Waals surface area (Å²) < 4.78 is 3.47. The van der Waals surface area contributed by atoms with E-state index in [-0.39, 0.29) is 11.7 Å². The molecule has 2 N–H and O–H groups in total. The monoisotopic (exact) mass is 338 g/mol. The zero-order valence-electron chi connectivity index (χ0n) is 13.8. The Balaban J connectivity index is 1.43. The van der Waals surface area contributed by atoms with Crippen LogP contribution in [0.15, 0.2) is 36.8 Å². The van der Waals surface area contributed by atoms with Gasteiger partial charge in [-0.1, -0.05) is 0 Å². The van der Waals surface area contributed by atoms with Crippen LogP contribution in [0, 0.1) is 0 Å². The van der Waals surface area contributed by atoms with E-state index < -0.39 is 0 Å². The Morgan fingerprint density at radius 3 is 3.00 bits per heavy atom. The van der Waals surface area contributed by atoms with Crippen LogP contribution in [-0.4, -0.2) is 41.5 Å². The molecule has 1 atom stereocenters. The van der Waals surface area contributed by atoms with Crippen LogP contribution in [-0.2, 0) is 13.1 Å². The number of carbonyl (C=O) groups is 1. The van der Waals surface area contributed by atoms with Crippen LogP contribution in [0.2, 0.25) is 0 Å². The molecule has 0 aromatic carbocycles. The number of nitrogens with one attached hydrogen (secondary N) is 2. The van der Waals surface area contributed by atoms with Gasteiger partial charge in [-0.05, 0) is 31.0 Å². The summed E-state index contributed by atoms with van der Waals surface area (Å²) in [6, 6.07) is 5.92. The van der Waals surface area contributed by atoms with E-state index in [0.717, 1.165) is 18.5 Å². The van der Waals surface area contributed by atoms with Crippen LogP contribution in [0.4, 0.5) is 11.8 Å². The lowest BCUT2D eigenvalue weighted by Gasteiger charge is -2.20. The van der Waals surface area contributed by atoms with Crippen LogP contribution >= 0.6 is 0 Å². The average Bonchev–Trinajstić information content (AvgIpc) is 3.22. The number of rotatable bonds is 4. The molecule has 0 bridgehead atoms. The van der Waals surface area contributed by atoms with Gasteiger partial charge in [0.2, 0.25) is 11.8 Å². The minimum Gasteiger partial charge on any atom is -0.352 e. The highest BCUT2D eigenvalue weighted by Crippen LogP contribution is 2.16. The van der Waals surface area contributed by atoms with E-state index in [1.54, 1.807) is 27.8 Å². The summed E-state index contributed by atoms with van der Waals surface area (Å²) in [5.74, 6) is 0.867. The Morgan fingerprint density at radius 2 is 2.16 bits per heavy atom. The Kier molecular flexibility index (Phi) is 3.88. The number of carbonyl (C=O) groups excluding carboxylic acids is 1. The van der Waals surface area contributed by atoms with E-state index >= 15 is 0 Å². The Bertz CT molecular complexity index is 885. The van der Waals surface area contributed by atoms with Crippen molar-refractivity contribution in [3.8, 4) is 0 Å². The summed E-state index contributed by atoms with van der Waals surface area (Å²) in [7, 11) is 0. The fraction of sp³-hybridized carbons (Fsp3) is 0.312. The first-order chi connectivity index (χ1) is 12.2. The topological polar surface area (TPSA) is 103 Å². The van der Waals surface area contributed by atoms with E-state index in [1.165, 1.54) is 0 Å². The van der Waals surface area contributed by atoms with Crippen LogP contribution in [0.3, 0.4) is 0 Å². The van der Waals surface area contributed by atoms with Gasteiger partial charge < -0.3 is 10.6 Å². The summed E-state index contributed by atoms with van der Waals surface area (Å²) in [5, 5.41) is 14.5. The molecular formula is C16H18N8O. The Labute approximate surface area is 144 Å². The molecule has 0 saturated heterocycles. The lowest BCUT2D eigenvalue weighted by molar-refractivity contribution is 0.101. The fourth-order valence-corrected chi connectivity index (χ4v) is 2.67. The van der Waals surface area contributed by atoms with Gasteiger partial charge in [0.1, 0.15) is 0 Å². The van der Waals surface area contributed by atoms with E-state index in [4.69, 9.17) is 0 Å². The van der Waals surface area contributed by atoms with Crippen molar-refractivity contribution in [1.82, 2.24) is 29.5 Å². The normalized spacial score (nSPS) is 16.1. The number of aromatic nitrogens is 6. The standard InChI is InChI=1S/C16H18N8O/c1-11-4-9-24-16(18-11)20-14(22-24)15(25)19-13-5-8-23(21-13)10-12-2-6-17-7-3-12/h2-3,5-8,11H,4,9-10H2,1H3,(H,18,20,22)(H,19,21,25). The lowest BCUT2D eigenvalue weighted by atomic mass is 10.2. The highest BCUT2D eigenvalue weighted by Gasteiger charge is 2.21. The fourth-order valence-electron chi connectivity index (χ4n) is 2.67. The molecule has 0 aliphatic carbocycles. The predicted octanol–water partition coefficient (Wildman–Crippen LogP) is 1.37. The van der Waals surface area contributed by atoms with Crippen LogP contribution in [0.1, 0.15) is 29.5 Å². The number of fused-ring (bicyclic) bond motifs is 1. The third-order valence-corrected chi connectivity index (χ3v) is 4.00. The van der Waals surface area contributed by atoms with Crippen LogP contribution < -0.4 is 10.6 Å². The summed E-state index contributed by atoms with van der Waals surface area (Å²) in [6.45, 7) is 3.44. The minimum absolute atomic E-state index is 0.139. The molecule has 4 rings (SSSR count). The number of aryl methyl sites for hydroxylation is 1. The molecule has 0 saturated carbocycles. The maximum absolute atomic E-state index is 12.3. The second-order valence-corrected chi connectivity index (χ2v) is 6.02. The van der Waals surface area contributed by atoms with E-state index in [1.807, 2.05) is 18.3 Å². The van der Waals surface area contributed by atoms with Crippen molar-refractivity contribution in [2.45, 2.75) is 32.5 Å². The van der Waals surface area contributed by atoms with Crippen molar-refractivity contribution in [3.05, 3.63) is 48.2 Å². The molecule has 3 aromatic rings. The van der Waals surface area contributed by atoms with Crippen LogP contribution in [0.5, 0.6) is 0 Å². The molecule has 9 nitrogen and oxygen atoms in total. The Hall–Kier alpha value is -3.23. The van der Waals surface area contributed by atoms with Crippen molar-refractivity contribution >= 4 is 17.7 Å². The molecule has 1 aliphatic rings. The predicted molar refractivity (Wildman–Crippen MR) is 91.2 cm³/mol. The molecular weight excluding hydrogens is 320 g/mol. The second kappa shape index (κ2) is 6.34. The summed E-state index contributed by atoms with van der Waals surface area (Å²) >= 11 is 0. The number of nitrogens with zero attached hydrogens (tertiary/aromatic N) is 6. The largest absolute Gasteiger partial charge is 0.352 e. The molecule has 1 unspecified atom stereocenters. The van der Waals surface area contributed by atoms with Gasteiger partial charge in [0.25, 0.3) is 5.91 Å². The maximum atomic E-state index is 12.3. The van der Waals surface area contributed by atoms with Crippen molar-refractivity contribution in [1.29, 1.82) is 0 Å². The van der Waals surface area contributed by atoms with E-state index in [0.29, 0.717) is 24.4 Å². The first-order valence-electron chi connectivity index (χ1n) is 8.12. The number of hydrogen-bond acceptors (Lipinski definition) is 6. The van der Waals surface area contributed by atoms with Gasteiger partial charge in [-0.3, -0.25) is 14.5 Å². The van der Waals surface area contributed by atoms with Gasteiger partial charge in [-0.2, -0.15) is 10.1 Å². The minimum atomic E-state index is -0.370. The number of anilines is 2. The molecule has 25 heavy (non-hydrogen) atoms.